The van der Waals surface area contributed by atoms with Gasteiger partial charge < -0.3 is 9.64 Å². The average Bonchev–Trinajstić information content (AvgIpc) is 2.70. The quantitative estimate of drug-likeness (QED) is 0.780. The second kappa shape index (κ2) is 6.62. The number of hydrogen-bond donors (Lipinski definition) is 0. The van der Waals surface area contributed by atoms with E-state index in [1.54, 1.807) is 0 Å². The van der Waals surface area contributed by atoms with Gasteiger partial charge in [0.25, 0.3) is 0 Å². The number of nitrogens with zero attached hydrogens (tertiary/aromatic N) is 3. The van der Waals surface area contributed by atoms with E-state index in [1.165, 1.54) is 6.42 Å². The van der Waals surface area contributed by atoms with Gasteiger partial charge in [-0.1, -0.05) is 6.92 Å². The fraction of sp³-hybridized carbons (Fsp3) is 0.786. The highest BCUT2D eigenvalue weighted by atomic mass is 35.5. The molecule has 2 heterocycles. The Kier molecular flexibility index (Phi) is 5.11. The van der Waals surface area contributed by atoms with E-state index >= 15 is 0 Å². The summed E-state index contributed by atoms with van der Waals surface area (Å²) < 4.78 is 7.85. The second-order valence-corrected chi connectivity index (χ2v) is 5.49. The molecule has 4 nitrogen and oxygen atoms in total. The number of rotatable bonds is 5. The molecular weight excluding hydrogens is 262 g/mol. The Balaban J connectivity index is 2.12. The first-order valence-corrected chi connectivity index (χ1v) is 7.65. The minimum Gasteiger partial charge on any atom is -0.376 e. The van der Waals surface area contributed by atoms with E-state index in [9.17, 15) is 0 Å². The number of anilines is 1. The van der Waals surface area contributed by atoms with Crippen molar-refractivity contribution in [3.05, 3.63) is 11.3 Å². The number of hydrogen-bond acceptors (Lipinski definition) is 3. The number of aryl methyl sites for hydroxylation is 2. The van der Waals surface area contributed by atoms with Crippen molar-refractivity contribution in [1.29, 1.82) is 0 Å². The first-order valence-electron chi connectivity index (χ1n) is 7.12. The van der Waals surface area contributed by atoms with E-state index in [1.807, 2.05) is 18.7 Å². The number of ether oxygens (including phenoxy) is 1. The summed E-state index contributed by atoms with van der Waals surface area (Å²) >= 11 is 6.08. The van der Waals surface area contributed by atoms with Gasteiger partial charge in [-0.05, 0) is 26.2 Å². The lowest BCUT2D eigenvalue weighted by molar-refractivity contribution is 0.0437. The van der Waals surface area contributed by atoms with Crippen molar-refractivity contribution in [3.63, 3.8) is 0 Å². The van der Waals surface area contributed by atoms with Crippen LogP contribution in [0.15, 0.2) is 0 Å². The van der Waals surface area contributed by atoms with E-state index in [4.69, 9.17) is 16.3 Å². The summed E-state index contributed by atoms with van der Waals surface area (Å²) in [6.07, 6.45) is 3.74. The maximum atomic E-state index is 6.08. The molecule has 1 unspecified atom stereocenters. The van der Waals surface area contributed by atoms with Gasteiger partial charge in [-0.15, -0.1) is 11.6 Å². The van der Waals surface area contributed by atoms with Gasteiger partial charge in [-0.3, -0.25) is 4.68 Å². The molecule has 0 radical (unpaired) electrons. The van der Waals surface area contributed by atoms with E-state index in [-0.39, 0.29) is 0 Å². The van der Waals surface area contributed by atoms with Crippen molar-refractivity contribution >= 4 is 17.4 Å². The van der Waals surface area contributed by atoms with Crippen molar-refractivity contribution in [2.45, 2.75) is 45.1 Å². The third kappa shape index (κ3) is 3.23. The van der Waals surface area contributed by atoms with Crippen LogP contribution in [0.1, 0.15) is 37.4 Å². The fourth-order valence-corrected chi connectivity index (χ4v) is 3.11. The normalized spacial score (nSPS) is 20.0. The zero-order valence-electron chi connectivity index (χ0n) is 12.2. The Morgan fingerprint density at radius 2 is 2.26 bits per heavy atom. The minimum atomic E-state index is 0.340. The van der Waals surface area contributed by atoms with Gasteiger partial charge in [0, 0.05) is 32.3 Å². The van der Waals surface area contributed by atoms with Crippen molar-refractivity contribution in [3.8, 4) is 0 Å². The highest BCUT2D eigenvalue weighted by Crippen LogP contribution is 2.28. The summed E-state index contributed by atoms with van der Waals surface area (Å²) in [5.74, 6) is 1.68. The van der Waals surface area contributed by atoms with Crippen molar-refractivity contribution < 1.29 is 4.74 Å². The molecule has 108 valence electrons. The van der Waals surface area contributed by atoms with Crippen LogP contribution >= 0.6 is 11.6 Å². The van der Waals surface area contributed by atoms with Crippen molar-refractivity contribution in [2.75, 3.05) is 24.6 Å². The van der Waals surface area contributed by atoms with Crippen LogP contribution in [0.2, 0.25) is 0 Å². The lowest BCUT2D eigenvalue weighted by atomic mass is 10.1. The number of aromatic nitrogens is 2. The molecule has 5 heteroatoms. The molecule has 1 aromatic rings. The monoisotopic (exact) mass is 285 g/mol. The number of alkyl halides is 1. The standard InChI is InChI=1S/C14H24ClN3O/c1-4-8-19-12-6-5-7-18(10-12)14-13(9-15)11(2)16-17(14)3/h12H,4-10H2,1-3H3. The highest BCUT2D eigenvalue weighted by Gasteiger charge is 2.25. The van der Waals surface area contributed by atoms with Crippen LogP contribution in [-0.2, 0) is 17.7 Å². The fourth-order valence-electron chi connectivity index (χ4n) is 2.79. The molecule has 0 saturated carbocycles. The maximum Gasteiger partial charge on any atom is 0.131 e. The molecule has 1 fully saturated rings. The van der Waals surface area contributed by atoms with E-state index < -0.39 is 0 Å². The zero-order valence-corrected chi connectivity index (χ0v) is 12.9. The van der Waals surface area contributed by atoms with Gasteiger partial charge in [0.05, 0.1) is 17.7 Å². The molecule has 1 atom stereocenters. The van der Waals surface area contributed by atoms with Gasteiger partial charge in [-0.2, -0.15) is 5.10 Å². The third-order valence-corrected chi connectivity index (χ3v) is 3.95. The Morgan fingerprint density at radius 1 is 1.47 bits per heavy atom. The predicted molar refractivity (Wildman–Crippen MR) is 79.0 cm³/mol. The summed E-state index contributed by atoms with van der Waals surface area (Å²) in [4.78, 5) is 2.38. The summed E-state index contributed by atoms with van der Waals surface area (Å²) in [5, 5.41) is 4.49. The molecular formula is C14H24ClN3O. The van der Waals surface area contributed by atoms with Gasteiger partial charge in [0.1, 0.15) is 5.82 Å². The van der Waals surface area contributed by atoms with Gasteiger partial charge in [0.2, 0.25) is 0 Å². The smallest absolute Gasteiger partial charge is 0.131 e. The van der Waals surface area contributed by atoms with Crippen LogP contribution in [0.25, 0.3) is 0 Å². The first-order chi connectivity index (χ1) is 9.17. The van der Waals surface area contributed by atoms with Crippen molar-refractivity contribution in [1.82, 2.24) is 9.78 Å². The SMILES string of the molecule is CCCOC1CCCN(c2c(CCl)c(C)nn2C)C1. The Bertz CT molecular complexity index is 419. The molecule has 0 bridgehead atoms. The third-order valence-electron chi connectivity index (χ3n) is 3.68. The predicted octanol–water partition coefficient (Wildman–Crippen LogP) is 2.86. The van der Waals surface area contributed by atoms with Crippen LogP contribution in [0.3, 0.4) is 0 Å². The molecule has 0 amide bonds. The highest BCUT2D eigenvalue weighted by molar-refractivity contribution is 6.17. The van der Waals surface area contributed by atoms with E-state index in [0.717, 1.165) is 49.6 Å². The Morgan fingerprint density at radius 3 is 2.95 bits per heavy atom. The van der Waals surface area contributed by atoms with Crippen LogP contribution in [0.5, 0.6) is 0 Å². The second-order valence-electron chi connectivity index (χ2n) is 5.23. The number of piperidine rings is 1. The zero-order chi connectivity index (χ0) is 13.8. The average molecular weight is 286 g/mol. The largest absolute Gasteiger partial charge is 0.376 e. The first kappa shape index (κ1) is 14.7. The van der Waals surface area contributed by atoms with Gasteiger partial charge in [-0.25, -0.2) is 0 Å². The summed E-state index contributed by atoms with van der Waals surface area (Å²) in [6.45, 7) is 7.04. The van der Waals surface area contributed by atoms with Crippen molar-refractivity contribution in [2.24, 2.45) is 7.05 Å². The van der Waals surface area contributed by atoms with E-state index in [2.05, 4.69) is 16.9 Å². The molecule has 2 rings (SSSR count). The summed E-state index contributed by atoms with van der Waals surface area (Å²) in [6, 6.07) is 0. The molecule has 1 aromatic heterocycles. The topological polar surface area (TPSA) is 30.3 Å². The molecule has 0 aromatic carbocycles. The number of halogens is 1. The Hall–Kier alpha value is -0.740. The minimum absolute atomic E-state index is 0.340. The lowest BCUT2D eigenvalue weighted by Gasteiger charge is -2.34. The maximum absolute atomic E-state index is 6.08. The van der Waals surface area contributed by atoms with E-state index in [0.29, 0.717) is 12.0 Å². The van der Waals surface area contributed by atoms with Crippen LogP contribution < -0.4 is 4.90 Å². The summed E-state index contributed by atoms with van der Waals surface area (Å²) in [5.41, 5.74) is 2.18. The molecule has 1 aliphatic heterocycles. The molecule has 1 aliphatic rings. The summed E-state index contributed by atoms with van der Waals surface area (Å²) in [7, 11) is 1.99. The lowest BCUT2D eigenvalue weighted by Crippen LogP contribution is -2.41. The molecule has 1 saturated heterocycles. The van der Waals surface area contributed by atoms with Crippen LogP contribution in [0, 0.1) is 6.92 Å². The molecule has 0 aliphatic carbocycles. The van der Waals surface area contributed by atoms with Crippen LogP contribution in [-0.4, -0.2) is 35.6 Å². The Labute approximate surface area is 120 Å². The van der Waals surface area contributed by atoms with Crippen LogP contribution in [0.4, 0.5) is 5.82 Å². The molecule has 0 spiro atoms. The molecule has 0 N–H and O–H groups in total. The molecule has 19 heavy (non-hydrogen) atoms. The van der Waals surface area contributed by atoms with Gasteiger partial charge >= 0.3 is 0 Å². The van der Waals surface area contributed by atoms with Gasteiger partial charge in [0.15, 0.2) is 0 Å².